The number of anilines is 2. The van der Waals surface area contributed by atoms with Gasteiger partial charge in [-0.3, -0.25) is 9.36 Å². The van der Waals surface area contributed by atoms with Gasteiger partial charge in [-0.15, -0.1) is 11.3 Å². The summed E-state index contributed by atoms with van der Waals surface area (Å²) in [4.78, 5) is 21.2. The summed E-state index contributed by atoms with van der Waals surface area (Å²) in [6, 6.07) is 0. The lowest BCUT2D eigenvalue weighted by molar-refractivity contribution is 0.696. The Hall–Kier alpha value is -1.73. The minimum Gasteiger partial charge on any atom is -0.323 e. The summed E-state index contributed by atoms with van der Waals surface area (Å²) in [6.45, 7) is 6.60. The van der Waals surface area contributed by atoms with Crippen LogP contribution in [-0.4, -0.2) is 13.9 Å². The highest BCUT2D eigenvalue weighted by atomic mass is 32.1. The van der Waals surface area contributed by atoms with Crippen LogP contribution in [0.1, 0.15) is 40.8 Å². The average molecular weight is 361 g/mol. The second-order valence-electron chi connectivity index (χ2n) is 6.20. The van der Waals surface area contributed by atoms with Crippen molar-refractivity contribution in [3.05, 3.63) is 31.4 Å². The predicted octanol–water partition coefficient (Wildman–Crippen LogP) is 4.17. The zero-order chi connectivity index (χ0) is 16.8. The highest BCUT2D eigenvalue weighted by Gasteiger charge is 2.22. The molecule has 3 aromatic rings. The molecule has 1 N–H and O–H groups in total. The Kier molecular flexibility index (Phi) is 3.92. The Morgan fingerprint density at radius 1 is 1.25 bits per heavy atom. The summed E-state index contributed by atoms with van der Waals surface area (Å²) in [5.74, 6) is 0.625. The van der Waals surface area contributed by atoms with Crippen LogP contribution in [0.2, 0.25) is 0 Å². The van der Waals surface area contributed by atoms with Gasteiger partial charge in [0.25, 0.3) is 5.56 Å². The molecule has 24 heavy (non-hydrogen) atoms. The highest BCUT2D eigenvalue weighted by Crippen LogP contribution is 2.35. The Bertz CT molecular complexity index is 963. The summed E-state index contributed by atoms with van der Waals surface area (Å²) in [7, 11) is 0. The van der Waals surface area contributed by atoms with Crippen LogP contribution in [0.25, 0.3) is 10.2 Å². The maximum Gasteiger partial charge on any atom is 0.263 e. The highest BCUT2D eigenvalue weighted by molar-refractivity contribution is 7.18. The Morgan fingerprint density at radius 3 is 2.75 bits per heavy atom. The molecule has 0 aromatic carbocycles. The topological polar surface area (TPSA) is 59.8 Å². The minimum absolute atomic E-state index is 0.0860. The van der Waals surface area contributed by atoms with Crippen molar-refractivity contribution in [2.45, 2.75) is 53.0 Å². The summed E-state index contributed by atoms with van der Waals surface area (Å²) in [5.41, 5.74) is 3.25. The van der Waals surface area contributed by atoms with Gasteiger partial charge in [-0.25, -0.2) is 4.98 Å². The lowest BCUT2D eigenvalue weighted by Crippen LogP contribution is -2.24. The normalized spacial score (nSPS) is 14.1. The molecule has 7 heteroatoms. The Labute approximate surface area is 148 Å². The largest absolute Gasteiger partial charge is 0.323 e. The molecular weight excluding hydrogens is 340 g/mol. The number of rotatable bonds is 3. The van der Waals surface area contributed by atoms with Crippen molar-refractivity contribution in [3.8, 4) is 0 Å². The van der Waals surface area contributed by atoms with Crippen LogP contribution in [0.5, 0.6) is 0 Å². The summed E-state index contributed by atoms with van der Waals surface area (Å²) in [6.07, 6.45) is 4.47. The zero-order valence-electron chi connectivity index (χ0n) is 14.1. The molecule has 0 spiro atoms. The maximum absolute atomic E-state index is 13.1. The standard InChI is InChI=1S/C17H20N4OS2/c1-4-21-16(22)13-11-7-5-6-8-12(11)23-15(13)19-17(21)18-14-9(2)20-24-10(14)3/h4-8H2,1-3H3,(H,18,19). The average Bonchev–Trinajstić information content (AvgIpc) is 3.09. The molecule has 3 heterocycles. The number of aryl methyl sites for hydroxylation is 4. The van der Waals surface area contributed by atoms with Crippen molar-refractivity contribution in [1.29, 1.82) is 0 Å². The third kappa shape index (κ3) is 2.38. The molecule has 5 nitrogen and oxygen atoms in total. The molecule has 126 valence electrons. The lowest BCUT2D eigenvalue weighted by atomic mass is 9.97. The van der Waals surface area contributed by atoms with Gasteiger partial charge in [-0.1, -0.05) is 0 Å². The molecule has 0 unspecified atom stereocenters. The molecule has 0 radical (unpaired) electrons. The third-order valence-corrected chi connectivity index (χ3v) is 6.69. The Balaban J connectivity index is 1.91. The van der Waals surface area contributed by atoms with Gasteiger partial charge < -0.3 is 5.32 Å². The molecule has 0 bridgehead atoms. The van der Waals surface area contributed by atoms with Crippen molar-refractivity contribution in [2.24, 2.45) is 0 Å². The second-order valence-corrected chi connectivity index (χ2v) is 8.26. The molecule has 0 aliphatic heterocycles. The monoisotopic (exact) mass is 360 g/mol. The van der Waals surface area contributed by atoms with Crippen LogP contribution in [0, 0.1) is 13.8 Å². The Morgan fingerprint density at radius 2 is 2.04 bits per heavy atom. The summed E-state index contributed by atoms with van der Waals surface area (Å²) < 4.78 is 6.12. The van der Waals surface area contributed by atoms with Gasteiger partial charge in [0, 0.05) is 16.3 Å². The van der Waals surface area contributed by atoms with Crippen LogP contribution in [0.3, 0.4) is 0 Å². The summed E-state index contributed by atoms with van der Waals surface area (Å²) in [5, 5.41) is 4.21. The number of aromatic nitrogens is 3. The van der Waals surface area contributed by atoms with Gasteiger partial charge in [-0.05, 0) is 63.6 Å². The van der Waals surface area contributed by atoms with E-state index in [0.717, 1.165) is 39.3 Å². The molecule has 0 fully saturated rings. The van der Waals surface area contributed by atoms with E-state index < -0.39 is 0 Å². The smallest absolute Gasteiger partial charge is 0.263 e. The first-order valence-corrected chi connectivity index (χ1v) is 9.94. The second kappa shape index (κ2) is 5.97. The molecular formula is C17H20N4OS2. The first kappa shape index (κ1) is 15.8. The number of thiophene rings is 1. The van der Waals surface area contributed by atoms with E-state index in [9.17, 15) is 4.79 Å². The molecule has 0 amide bonds. The fourth-order valence-corrected chi connectivity index (χ4v) is 5.31. The van der Waals surface area contributed by atoms with Gasteiger partial charge in [0.2, 0.25) is 5.95 Å². The first-order valence-electron chi connectivity index (χ1n) is 8.35. The lowest BCUT2D eigenvalue weighted by Gasteiger charge is -2.13. The molecule has 1 aliphatic carbocycles. The SMILES string of the molecule is CCn1c(Nc2c(C)nsc2C)nc2sc3c(c2c1=O)CCCC3. The van der Waals surface area contributed by atoms with Crippen molar-refractivity contribution in [2.75, 3.05) is 5.32 Å². The molecule has 4 rings (SSSR count). The van der Waals surface area contributed by atoms with Crippen molar-refractivity contribution in [3.63, 3.8) is 0 Å². The van der Waals surface area contributed by atoms with Gasteiger partial charge in [0.05, 0.1) is 16.8 Å². The number of nitrogens with one attached hydrogen (secondary N) is 1. The first-order chi connectivity index (χ1) is 11.6. The van der Waals surface area contributed by atoms with E-state index in [1.54, 1.807) is 15.9 Å². The van der Waals surface area contributed by atoms with E-state index in [1.165, 1.54) is 34.8 Å². The quantitative estimate of drug-likeness (QED) is 0.761. The minimum atomic E-state index is 0.0860. The van der Waals surface area contributed by atoms with E-state index in [2.05, 4.69) is 9.69 Å². The number of fused-ring (bicyclic) bond motifs is 3. The maximum atomic E-state index is 13.1. The predicted molar refractivity (Wildman–Crippen MR) is 101 cm³/mol. The fraction of sp³-hybridized carbons (Fsp3) is 0.471. The molecule has 1 aliphatic rings. The van der Waals surface area contributed by atoms with E-state index >= 15 is 0 Å². The fourth-order valence-electron chi connectivity index (χ4n) is 3.40. The van der Waals surface area contributed by atoms with Crippen molar-refractivity contribution >= 4 is 44.7 Å². The summed E-state index contributed by atoms with van der Waals surface area (Å²) >= 11 is 3.16. The van der Waals surface area contributed by atoms with Gasteiger partial charge in [0.1, 0.15) is 4.83 Å². The number of nitrogens with zero attached hydrogens (tertiary/aromatic N) is 3. The van der Waals surface area contributed by atoms with E-state index in [1.807, 2.05) is 20.8 Å². The third-order valence-electron chi connectivity index (χ3n) is 4.66. The van der Waals surface area contributed by atoms with Gasteiger partial charge in [-0.2, -0.15) is 4.37 Å². The van der Waals surface area contributed by atoms with Crippen LogP contribution in [0.15, 0.2) is 4.79 Å². The van der Waals surface area contributed by atoms with Crippen molar-refractivity contribution < 1.29 is 0 Å². The molecule has 0 saturated carbocycles. The zero-order valence-corrected chi connectivity index (χ0v) is 15.7. The van der Waals surface area contributed by atoms with E-state index in [-0.39, 0.29) is 5.56 Å². The number of hydrogen-bond donors (Lipinski definition) is 1. The van der Waals surface area contributed by atoms with Gasteiger partial charge >= 0.3 is 0 Å². The van der Waals surface area contributed by atoms with Crippen LogP contribution in [-0.2, 0) is 19.4 Å². The number of hydrogen-bond acceptors (Lipinski definition) is 6. The van der Waals surface area contributed by atoms with Crippen molar-refractivity contribution in [1.82, 2.24) is 13.9 Å². The van der Waals surface area contributed by atoms with E-state index in [0.29, 0.717) is 12.5 Å². The van der Waals surface area contributed by atoms with Crippen LogP contribution >= 0.6 is 22.9 Å². The van der Waals surface area contributed by atoms with Gasteiger partial charge in [0.15, 0.2) is 0 Å². The molecule has 3 aromatic heterocycles. The van der Waals surface area contributed by atoms with E-state index in [4.69, 9.17) is 4.98 Å². The van der Waals surface area contributed by atoms with Crippen LogP contribution in [0.4, 0.5) is 11.6 Å². The molecule has 0 atom stereocenters. The van der Waals surface area contributed by atoms with Crippen LogP contribution < -0.4 is 10.9 Å². The molecule has 0 saturated heterocycles.